The second kappa shape index (κ2) is 6.03. The molecule has 0 radical (unpaired) electrons. The molecule has 3 aromatic rings. The maximum atomic E-state index is 12.1. The van der Waals surface area contributed by atoms with E-state index in [4.69, 9.17) is 20.9 Å². The first-order valence-corrected chi connectivity index (χ1v) is 7.02. The average Bonchev–Trinajstić information content (AvgIpc) is 3.02. The fourth-order valence-corrected chi connectivity index (χ4v) is 2.07. The Morgan fingerprint density at radius 1 is 1.14 bits per heavy atom. The number of nitrogens with zero attached hydrogens (tertiary/aromatic N) is 1. The first kappa shape index (κ1) is 14.4. The van der Waals surface area contributed by atoms with E-state index in [0.29, 0.717) is 16.5 Å². The Bertz CT molecular complexity index is 812. The maximum absolute atomic E-state index is 12.1. The van der Waals surface area contributed by atoms with Crippen LogP contribution in [0.2, 0.25) is 5.02 Å². The number of hydrogen-bond donors (Lipinski definition) is 0. The summed E-state index contributed by atoms with van der Waals surface area (Å²) in [5, 5.41) is 4.37. The Balaban J connectivity index is 1.78. The van der Waals surface area contributed by atoms with Crippen molar-refractivity contribution in [1.29, 1.82) is 0 Å². The molecule has 0 unspecified atom stereocenters. The Morgan fingerprint density at radius 2 is 1.91 bits per heavy atom. The first-order valence-electron chi connectivity index (χ1n) is 6.64. The van der Waals surface area contributed by atoms with E-state index in [-0.39, 0.29) is 5.69 Å². The molecular formula is C17H12ClNO3. The van der Waals surface area contributed by atoms with Crippen LogP contribution in [0.3, 0.4) is 0 Å². The molecule has 1 aromatic heterocycles. The van der Waals surface area contributed by atoms with Crippen molar-refractivity contribution >= 4 is 17.6 Å². The van der Waals surface area contributed by atoms with Gasteiger partial charge in [-0.15, -0.1) is 0 Å². The summed E-state index contributed by atoms with van der Waals surface area (Å²) in [7, 11) is 0. The van der Waals surface area contributed by atoms with Gasteiger partial charge >= 0.3 is 5.97 Å². The highest BCUT2D eigenvalue weighted by Gasteiger charge is 2.16. The van der Waals surface area contributed by atoms with E-state index < -0.39 is 5.97 Å². The molecule has 0 aliphatic rings. The van der Waals surface area contributed by atoms with E-state index in [1.807, 2.05) is 37.3 Å². The lowest BCUT2D eigenvalue weighted by molar-refractivity contribution is 0.0724. The summed E-state index contributed by atoms with van der Waals surface area (Å²) in [5.74, 6) is 0.351. The van der Waals surface area contributed by atoms with Gasteiger partial charge in [-0.2, -0.15) is 0 Å². The van der Waals surface area contributed by atoms with E-state index in [0.717, 1.165) is 11.1 Å². The Labute approximate surface area is 132 Å². The van der Waals surface area contributed by atoms with E-state index in [1.54, 1.807) is 24.3 Å². The number of halogens is 1. The van der Waals surface area contributed by atoms with Crippen molar-refractivity contribution in [3.63, 3.8) is 0 Å². The van der Waals surface area contributed by atoms with Crippen LogP contribution in [0.4, 0.5) is 0 Å². The predicted octanol–water partition coefficient (Wildman–Crippen LogP) is 4.52. The number of carbonyl (C=O) groups is 1. The Morgan fingerprint density at radius 3 is 2.64 bits per heavy atom. The van der Waals surface area contributed by atoms with Crippen molar-refractivity contribution in [1.82, 2.24) is 5.16 Å². The molecular weight excluding hydrogens is 302 g/mol. The largest absolute Gasteiger partial charge is 0.422 e. The van der Waals surface area contributed by atoms with Crippen LogP contribution in [-0.2, 0) is 0 Å². The molecule has 0 saturated carbocycles. The van der Waals surface area contributed by atoms with Crippen LogP contribution in [0.15, 0.2) is 59.1 Å². The van der Waals surface area contributed by atoms with Gasteiger partial charge in [-0.3, -0.25) is 0 Å². The summed E-state index contributed by atoms with van der Waals surface area (Å²) >= 11 is 5.94. The fourth-order valence-electron chi connectivity index (χ4n) is 1.95. The highest BCUT2D eigenvalue weighted by Crippen LogP contribution is 2.23. The van der Waals surface area contributed by atoms with Gasteiger partial charge in [0.2, 0.25) is 0 Å². The number of rotatable bonds is 3. The Hall–Kier alpha value is -2.59. The lowest BCUT2D eigenvalue weighted by Crippen LogP contribution is -2.08. The van der Waals surface area contributed by atoms with Crippen LogP contribution in [-0.4, -0.2) is 11.1 Å². The van der Waals surface area contributed by atoms with Gasteiger partial charge in [0.1, 0.15) is 5.75 Å². The van der Waals surface area contributed by atoms with Crippen LogP contribution in [0, 0.1) is 6.92 Å². The van der Waals surface area contributed by atoms with Gasteiger partial charge in [-0.05, 0) is 30.7 Å². The molecule has 0 aliphatic carbocycles. The molecule has 0 fully saturated rings. The molecule has 0 spiro atoms. The van der Waals surface area contributed by atoms with E-state index in [2.05, 4.69) is 5.16 Å². The molecule has 22 heavy (non-hydrogen) atoms. The summed E-state index contributed by atoms with van der Waals surface area (Å²) in [6.07, 6.45) is 0. The number of aryl methyl sites for hydroxylation is 1. The molecule has 0 bridgehead atoms. The summed E-state index contributed by atoms with van der Waals surface area (Å²) in [6, 6.07) is 16.0. The van der Waals surface area contributed by atoms with Crippen molar-refractivity contribution in [3.05, 3.63) is 70.9 Å². The standard InChI is InChI=1S/C17H12ClNO3/c1-11-9-13(7-8-14(11)18)21-17(20)15-10-16(22-19-15)12-5-3-2-4-6-12/h2-10H,1H3. The zero-order valence-electron chi connectivity index (χ0n) is 11.7. The van der Waals surface area contributed by atoms with E-state index in [9.17, 15) is 4.79 Å². The minimum Gasteiger partial charge on any atom is -0.422 e. The van der Waals surface area contributed by atoms with Crippen molar-refractivity contribution in [2.75, 3.05) is 0 Å². The van der Waals surface area contributed by atoms with Crippen molar-refractivity contribution < 1.29 is 14.1 Å². The third kappa shape index (κ3) is 3.02. The SMILES string of the molecule is Cc1cc(OC(=O)c2cc(-c3ccccc3)on2)ccc1Cl. The molecule has 0 aliphatic heterocycles. The van der Waals surface area contributed by atoms with E-state index in [1.165, 1.54) is 0 Å². The van der Waals surface area contributed by atoms with Crippen LogP contribution in [0.5, 0.6) is 5.75 Å². The molecule has 0 atom stereocenters. The van der Waals surface area contributed by atoms with Crippen LogP contribution < -0.4 is 4.74 Å². The third-order valence-corrected chi connectivity index (χ3v) is 3.54. The molecule has 1 heterocycles. The smallest absolute Gasteiger partial charge is 0.365 e. The molecule has 0 N–H and O–H groups in total. The molecule has 0 saturated heterocycles. The average molecular weight is 314 g/mol. The zero-order valence-corrected chi connectivity index (χ0v) is 12.5. The maximum Gasteiger partial charge on any atom is 0.365 e. The predicted molar refractivity (Wildman–Crippen MR) is 83.1 cm³/mol. The summed E-state index contributed by atoms with van der Waals surface area (Å²) in [6.45, 7) is 1.84. The lowest BCUT2D eigenvalue weighted by atomic mass is 10.2. The molecule has 3 rings (SSSR count). The van der Waals surface area contributed by atoms with Crippen LogP contribution in [0.25, 0.3) is 11.3 Å². The molecule has 2 aromatic carbocycles. The van der Waals surface area contributed by atoms with Gasteiger partial charge < -0.3 is 9.26 Å². The lowest BCUT2D eigenvalue weighted by Gasteiger charge is -2.03. The molecule has 0 amide bonds. The monoisotopic (exact) mass is 313 g/mol. The van der Waals surface area contributed by atoms with Gasteiger partial charge in [-0.25, -0.2) is 4.79 Å². The van der Waals surface area contributed by atoms with Crippen LogP contribution >= 0.6 is 11.6 Å². The zero-order chi connectivity index (χ0) is 15.5. The topological polar surface area (TPSA) is 52.3 Å². The molecule has 110 valence electrons. The van der Waals surface area contributed by atoms with Gasteiger partial charge in [0.05, 0.1) is 0 Å². The normalized spacial score (nSPS) is 10.5. The van der Waals surface area contributed by atoms with Crippen molar-refractivity contribution in [2.24, 2.45) is 0 Å². The van der Waals surface area contributed by atoms with Crippen LogP contribution in [0.1, 0.15) is 16.1 Å². The number of benzene rings is 2. The number of aromatic nitrogens is 1. The number of ether oxygens (including phenoxy) is 1. The summed E-state index contributed by atoms with van der Waals surface area (Å²) in [5.41, 5.74) is 1.79. The highest BCUT2D eigenvalue weighted by atomic mass is 35.5. The minimum absolute atomic E-state index is 0.117. The van der Waals surface area contributed by atoms with Gasteiger partial charge in [0, 0.05) is 16.7 Å². The van der Waals surface area contributed by atoms with Gasteiger partial charge in [0.15, 0.2) is 11.5 Å². The summed E-state index contributed by atoms with van der Waals surface area (Å²) < 4.78 is 10.4. The van der Waals surface area contributed by atoms with Crippen molar-refractivity contribution in [3.8, 4) is 17.1 Å². The van der Waals surface area contributed by atoms with Crippen molar-refractivity contribution in [2.45, 2.75) is 6.92 Å². The van der Waals surface area contributed by atoms with Gasteiger partial charge in [0.25, 0.3) is 0 Å². The number of esters is 1. The van der Waals surface area contributed by atoms with Gasteiger partial charge in [-0.1, -0.05) is 47.1 Å². The second-order valence-electron chi connectivity index (χ2n) is 4.74. The second-order valence-corrected chi connectivity index (χ2v) is 5.15. The third-order valence-electron chi connectivity index (χ3n) is 3.12. The molecule has 5 heteroatoms. The number of carbonyl (C=O) groups excluding carboxylic acids is 1. The minimum atomic E-state index is -0.576. The highest BCUT2D eigenvalue weighted by molar-refractivity contribution is 6.31. The van der Waals surface area contributed by atoms with E-state index >= 15 is 0 Å². The summed E-state index contributed by atoms with van der Waals surface area (Å²) in [4.78, 5) is 12.1. The fraction of sp³-hybridized carbons (Fsp3) is 0.0588. The first-order chi connectivity index (χ1) is 10.6. The quantitative estimate of drug-likeness (QED) is 0.527. The molecule has 4 nitrogen and oxygen atoms in total. The Kier molecular flexibility index (Phi) is 3.94. The number of hydrogen-bond acceptors (Lipinski definition) is 4.